The Morgan fingerprint density at radius 3 is 2.52 bits per heavy atom. The largest absolute Gasteiger partial charge is 0.507 e. The Hall–Kier alpha value is -3.78. The maximum Gasteiger partial charge on any atom is 0.296 e. The van der Waals surface area contributed by atoms with Gasteiger partial charge in [0.1, 0.15) is 11.6 Å². The molecule has 0 aromatic heterocycles. The lowest BCUT2D eigenvalue weighted by molar-refractivity contribution is -0.143. The molecular weight excluding hydrogens is 427 g/mol. The van der Waals surface area contributed by atoms with E-state index in [1.165, 1.54) is 29.0 Å². The molecule has 33 heavy (non-hydrogen) atoms. The highest BCUT2D eigenvalue weighted by molar-refractivity contribution is 6.50. The molecule has 2 aromatic carbocycles. The number of likely N-dealkylation sites (tertiary alicyclic amines) is 1. The zero-order valence-corrected chi connectivity index (χ0v) is 18.1. The summed E-state index contributed by atoms with van der Waals surface area (Å²) in [4.78, 5) is 43.2. The van der Waals surface area contributed by atoms with Crippen molar-refractivity contribution in [2.45, 2.75) is 12.0 Å². The molecule has 2 amide bonds. The number of ketones is 1. The second-order valence-electron chi connectivity index (χ2n) is 7.79. The minimum Gasteiger partial charge on any atom is -0.507 e. The lowest BCUT2D eigenvalue weighted by Crippen LogP contribution is -2.52. The lowest BCUT2D eigenvalue weighted by Gasteiger charge is -2.34. The molecule has 7 nitrogen and oxygen atoms in total. The molecule has 2 aromatic rings. The first-order valence-electron chi connectivity index (χ1n) is 10.5. The number of carbonyl (C=O) groups excluding carboxylic acids is 3. The van der Waals surface area contributed by atoms with Crippen molar-refractivity contribution in [2.75, 3.05) is 31.7 Å². The van der Waals surface area contributed by atoms with Crippen LogP contribution in [0.15, 0.2) is 66.8 Å². The van der Waals surface area contributed by atoms with Crippen LogP contribution in [0.3, 0.4) is 0 Å². The van der Waals surface area contributed by atoms with Crippen LogP contribution in [-0.4, -0.2) is 54.4 Å². The van der Waals surface area contributed by atoms with Gasteiger partial charge in [-0.25, -0.2) is 4.39 Å². The van der Waals surface area contributed by atoms with E-state index >= 15 is 0 Å². The molecule has 0 unspecified atom stereocenters. The number of halogens is 1. The van der Waals surface area contributed by atoms with E-state index in [0.29, 0.717) is 24.3 Å². The van der Waals surface area contributed by atoms with E-state index in [1.807, 2.05) is 0 Å². The number of Topliss-reactive ketones (excluding diaryl/α,β-unsaturated/α-hetero) is 1. The van der Waals surface area contributed by atoms with Gasteiger partial charge in [-0.2, -0.15) is 0 Å². The molecule has 2 aliphatic heterocycles. The number of fused-ring (bicyclic) bond motifs is 2. The number of carbonyl (C=O) groups is 3. The van der Waals surface area contributed by atoms with Crippen LogP contribution in [0.4, 0.5) is 10.1 Å². The summed E-state index contributed by atoms with van der Waals surface area (Å²) in [7, 11) is 1.51. The van der Waals surface area contributed by atoms with Gasteiger partial charge in [-0.1, -0.05) is 24.3 Å². The Balaban J connectivity index is 2.02. The summed E-state index contributed by atoms with van der Waals surface area (Å²) >= 11 is 0. The fourth-order valence-electron chi connectivity index (χ4n) is 4.60. The van der Waals surface area contributed by atoms with Crippen LogP contribution in [0.5, 0.6) is 0 Å². The number of nitrogens with zero attached hydrogens (tertiary/aromatic N) is 2. The van der Waals surface area contributed by atoms with Crippen molar-refractivity contribution in [1.82, 2.24) is 4.90 Å². The van der Waals surface area contributed by atoms with E-state index in [9.17, 15) is 23.9 Å². The van der Waals surface area contributed by atoms with Gasteiger partial charge in [-0.05, 0) is 36.8 Å². The van der Waals surface area contributed by atoms with Crippen LogP contribution >= 0.6 is 0 Å². The van der Waals surface area contributed by atoms with E-state index in [-0.39, 0.29) is 24.2 Å². The molecule has 0 saturated carbocycles. The molecule has 2 heterocycles. The molecule has 1 atom stereocenters. The number of benzene rings is 2. The minimum absolute atomic E-state index is 0.0562. The number of rotatable bonds is 7. The van der Waals surface area contributed by atoms with Crippen molar-refractivity contribution in [3.05, 3.63) is 83.7 Å². The third-order valence-electron chi connectivity index (χ3n) is 5.97. The third-order valence-corrected chi connectivity index (χ3v) is 5.97. The van der Waals surface area contributed by atoms with Gasteiger partial charge in [0, 0.05) is 37.9 Å². The van der Waals surface area contributed by atoms with Crippen LogP contribution in [-0.2, 0) is 24.7 Å². The summed E-state index contributed by atoms with van der Waals surface area (Å²) in [6, 6.07) is 11.7. The fraction of sp³-hybridized carbons (Fsp3) is 0.240. The summed E-state index contributed by atoms with van der Waals surface area (Å²) in [6.07, 6.45) is 1.92. The molecule has 1 spiro atoms. The summed E-state index contributed by atoms with van der Waals surface area (Å²) in [6.45, 7) is 4.23. The van der Waals surface area contributed by atoms with Gasteiger partial charge in [0.2, 0.25) is 0 Å². The fourth-order valence-corrected chi connectivity index (χ4v) is 4.60. The summed E-state index contributed by atoms with van der Waals surface area (Å²) < 4.78 is 18.6. The number of para-hydroxylation sites is 1. The summed E-state index contributed by atoms with van der Waals surface area (Å²) in [5, 5.41) is 11.2. The normalized spacial score (nSPS) is 21.2. The summed E-state index contributed by atoms with van der Waals surface area (Å²) in [5.41, 5.74) is -1.12. The predicted octanol–water partition coefficient (Wildman–Crippen LogP) is 2.97. The van der Waals surface area contributed by atoms with Crippen LogP contribution < -0.4 is 4.90 Å². The number of aliphatic hydroxyl groups excluding tert-OH is 1. The van der Waals surface area contributed by atoms with Gasteiger partial charge in [0.05, 0.1) is 11.3 Å². The van der Waals surface area contributed by atoms with Gasteiger partial charge < -0.3 is 19.6 Å². The highest BCUT2D eigenvalue weighted by atomic mass is 19.1. The Bertz CT molecular complexity index is 1170. The SMILES string of the molecule is C=CCN1C(=O)[C@@]2(C(=C(O)c3ccc(F)cc3)C(=O)C(=O)N2CCCOC)c2ccccc21. The van der Waals surface area contributed by atoms with Gasteiger partial charge in [0.25, 0.3) is 17.6 Å². The molecule has 2 aliphatic rings. The first-order valence-corrected chi connectivity index (χ1v) is 10.5. The minimum atomic E-state index is -1.85. The van der Waals surface area contributed by atoms with E-state index in [4.69, 9.17) is 4.74 Å². The molecule has 170 valence electrons. The van der Waals surface area contributed by atoms with Crippen molar-refractivity contribution < 1.29 is 28.6 Å². The van der Waals surface area contributed by atoms with Gasteiger partial charge in [-0.3, -0.25) is 14.4 Å². The molecule has 1 fully saturated rings. The van der Waals surface area contributed by atoms with Crippen molar-refractivity contribution in [2.24, 2.45) is 0 Å². The van der Waals surface area contributed by atoms with Crippen molar-refractivity contribution >= 4 is 29.0 Å². The molecule has 1 saturated heterocycles. The first kappa shape index (κ1) is 22.4. The Morgan fingerprint density at radius 2 is 1.85 bits per heavy atom. The van der Waals surface area contributed by atoms with Gasteiger partial charge in [0.15, 0.2) is 5.54 Å². The number of amides is 2. The molecule has 8 heteroatoms. The second-order valence-corrected chi connectivity index (χ2v) is 7.79. The average molecular weight is 450 g/mol. The van der Waals surface area contributed by atoms with E-state index in [0.717, 1.165) is 12.1 Å². The highest BCUT2D eigenvalue weighted by Gasteiger charge is 2.66. The maximum absolute atomic E-state index is 14.0. The molecular formula is C25H23FN2O5. The zero-order chi connectivity index (χ0) is 23.8. The molecule has 0 radical (unpaired) electrons. The number of hydrogen-bond donors (Lipinski definition) is 1. The van der Waals surface area contributed by atoms with E-state index in [1.54, 1.807) is 30.3 Å². The number of anilines is 1. The number of methoxy groups -OCH3 is 1. The van der Waals surface area contributed by atoms with Crippen molar-refractivity contribution in [3.8, 4) is 0 Å². The Morgan fingerprint density at radius 1 is 1.15 bits per heavy atom. The van der Waals surface area contributed by atoms with Gasteiger partial charge >= 0.3 is 0 Å². The Labute approximate surface area is 190 Å². The number of hydrogen-bond acceptors (Lipinski definition) is 5. The topological polar surface area (TPSA) is 87.2 Å². The first-order chi connectivity index (χ1) is 15.9. The number of ether oxygens (including phenoxy) is 1. The molecule has 0 aliphatic carbocycles. The lowest BCUT2D eigenvalue weighted by atomic mass is 9.82. The third kappa shape index (κ3) is 3.25. The van der Waals surface area contributed by atoms with Crippen LogP contribution in [0.2, 0.25) is 0 Å². The van der Waals surface area contributed by atoms with Crippen molar-refractivity contribution in [1.29, 1.82) is 0 Å². The standard InChI is InChI=1S/C25H23FN2O5/c1-3-13-27-19-8-5-4-7-18(19)25(24(27)32)20(21(29)16-9-11-17(26)12-10-16)22(30)23(31)28(25)14-6-15-33-2/h3-5,7-12,29H,1,6,13-15H2,2H3/t25-/m0/s1. The van der Waals surface area contributed by atoms with Crippen LogP contribution in [0.25, 0.3) is 5.76 Å². The molecule has 0 bridgehead atoms. The smallest absolute Gasteiger partial charge is 0.296 e. The second kappa shape index (κ2) is 8.63. The molecule has 4 rings (SSSR count). The zero-order valence-electron chi connectivity index (χ0n) is 18.1. The van der Waals surface area contributed by atoms with E-state index < -0.39 is 34.7 Å². The van der Waals surface area contributed by atoms with Gasteiger partial charge in [-0.15, -0.1) is 6.58 Å². The van der Waals surface area contributed by atoms with Crippen LogP contribution in [0, 0.1) is 5.82 Å². The predicted molar refractivity (Wildman–Crippen MR) is 120 cm³/mol. The van der Waals surface area contributed by atoms with Crippen molar-refractivity contribution in [3.63, 3.8) is 0 Å². The summed E-state index contributed by atoms with van der Waals surface area (Å²) in [5.74, 6) is -3.47. The average Bonchev–Trinajstić information content (AvgIpc) is 3.19. The quantitative estimate of drug-likeness (QED) is 0.230. The number of aliphatic hydroxyl groups is 1. The monoisotopic (exact) mass is 450 g/mol. The highest BCUT2D eigenvalue weighted by Crippen LogP contribution is 2.53. The Kier molecular flexibility index (Phi) is 5.86. The maximum atomic E-state index is 14.0. The van der Waals surface area contributed by atoms with E-state index in [2.05, 4.69) is 6.58 Å². The molecule has 1 N–H and O–H groups in total. The van der Waals surface area contributed by atoms with Crippen LogP contribution in [0.1, 0.15) is 17.5 Å².